The minimum Gasteiger partial charge on any atom is -0.508 e. The van der Waals surface area contributed by atoms with Crippen LogP contribution in [0.1, 0.15) is 2.74 Å². The van der Waals surface area contributed by atoms with Crippen molar-refractivity contribution in [2.75, 3.05) is 7.11 Å². The summed E-state index contributed by atoms with van der Waals surface area (Å²) < 4.78 is 19.1. The fourth-order valence-electron chi connectivity index (χ4n) is 0.480. The molecular formula is C7H8O2. The molecule has 0 fully saturated rings. The molecule has 0 aliphatic heterocycles. The summed E-state index contributed by atoms with van der Waals surface area (Å²) in [4.78, 5) is 0. The molecule has 1 aromatic rings. The molecule has 0 amide bonds. The van der Waals surface area contributed by atoms with Gasteiger partial charge in [0.1, 0.15) is 11.5 Å². The van der Waals surface area contributed by atoms with Crippen LogP contribution in [0.2, 0.25) is 0 Å². The summed E-state index contributed by atoms with van der Waals surface area (Å²) in [5, 5.41) is 9.00. The predicted octanol–water partition coefficient (Wildman–Crippen LogP) is 1.40. The van der Waals surface area contributed by atoms with E-state index >= 15 is 0 Å². The summed E-state index contributed by atoms with van der Waals surface area (Å²) in [6.45, 7) is 0. The zero-order chi connectivity index (χ0) is 8.43. The lowest BCUT2D eigenvalue weighted by molar-refractivity contribution is 0.412. The van der Waals surface area contributed by atoms with Crippen molar-refractivity contribution in [3.8, 4) is 11.5 Å². The van der Waals surface area contributed by atoms with E-state index in [2.05, 4.69) is 0 Å². The highest BCUT2D eigenvalue weighted by molar-refractivity contribution is 5.29. The lowest BCUT2D eigenvalue weighted by Crippen LogP contribution is -1.79. The Hall–Kier alpha value is -1.18. The number of hydrogen-bond donors (Lipinski definition) is 1. The van der Waals surface area contributed by atoms with E-state index in [1.807, 2.05) is 0 Å². The lowest BCUT2D eigenvalue weighted by atomic mass is 10.3. The minimum absolute atomic E-state index is 0.0886. The number of phenolic OH excluding ortho intramolecular Hbond substituents is 1. The van der Waals surface area contributed by atoms with E-state index in [0.717, 1.165) is 0 Å². The molecule has 1 N–H and O–H groups in total. The number of rotatable bonds is 1. The van der Waals surface area contributed by atoms with Crippen molar-refractivity contribution in [1.29, 1.82) is 0 Å². The third-order valence-corrected chi connectivity index (χ3v) is 0.938. The highest BCUT2D eigenvalue weighted by Crippen LogP contribution is 2.14. The van der Waals surface area contributed by atoms with Crippen LogP contribution in [-0.2, 0) is 0 Å². The molecule has 0 atom stereocenters. The largest absolute Gasteiger partial charge is 0.508 e. The molecule has 2 nitrogen and oxygen atoms in total. The predicted molar refractivity (Wildman–Crippen MR) is 34.7 cm³/mol. The average molecular weight is 126 g/mol. The molecule has 0 spiro atoms. The monoisotopic (exact) mass is 126 g/mol. The van der Waals surface area contributed by atoms with E-state index in [1.165, 1.54) is 19.2 Å². The summed E-state index contributed by atoms with van der Waals surface area (Å²) in [7, 11) is 1.45. The summed E-state index contributed by atoms with van der Waals surface area (Å²) in [6.07, 6.45) is 0. The van der Waals surface area contributed by atoms with Crippen LogP contribution in [0.15, 0.2) is 24.2 Å². The third-order valence-electron chi connectivity index (χ3n) is 0.938. The molecule has 0 aromatic heterocycles. The molecule has 9 heavy (non-hydrogen) atoms. The van der Waals surface area contributed by atoms with Crippen molar-refractivity contribution in [3.63, 3.8) is 0 Å². The first-order valence-electron chi connectivity index (χ1n) is 3.49. The average Bonchev–Trinajstić information content (AvgIpc) is 1.99. The van der Waals surface area contributed by atoms with Gasteiger partial charge in [0.2, 0.25) is 0 Å². The fourth-order valence-corrected chi connectivity index (χ4v) is 0.480. The normalized spacial score (nSPS) is 12.1. The first-order valence-corrected chi connectivity index (χ1v) is 2.49. The van der Waals surface area contributed by atoms with Crippen molar-refractivity contribution in [1.82, 2.24) is 0 Å². The first-order chi connectivity index (χ1) is 5.15. The Morgan fingerprint density at radius 2 is 2.11 bits per heavy atom. The van der Waals surface area contributed by atoms with Gasteiger partial charge in [-0.1, -0.05) is 0 Å². The van der Waals surface area contributed by atoms with Crippen molar-refractivity contribution < 1.29 is 12.6 Å². The number of ether oxygens (including phenoxy) is 1. The van der Waals surface area contributed by atoms with Gasteiger partial charge in [-0.25, -0.2) is 0 Å². The molecule has 0 saturated carbocycles. The van der Waals surface area contributed by atoms with Crippen LogP contribution in [0, 0.1) is 0 Å². The van der Waals surface area contributed by atoms with Crippen molar-refractivity contribution in [3.05, 3.63) is 24.2 Å². The number of methoxy groups -OCH3 is 1. The SMILES string of the molecule is [2H]c1cc(OC)cc([2H])c1O. The van der Waals surface area contributed by atoms with Gasteiger partial charge < -0.3 is 9.84 Å². The van der Waals surface area contributed by atoms with E-state index in [0.29, 0.717) is 5.75 Å². The second-order valence-corrected chi connectivity index (χ2v) is 1.53. The molecule has 1 rings (SSSR count). The number of hydrogen-bond acceptors (Lipinski definition) is 2. The van der Waals surface area contributed by atoms with Gasteiger partial charge in [-0.15, -0.1) is 0 Å². The third kappa shape index (κ3) is 1.35. The summed E-state index contributed by atoms with van der Waals surface area (Å²) in [6, 6.07) is 2.53. The van der Waals surface area contributed by atoms with Crippen LogP contribution in [0.3, 0.4) is 0 Å². The number of aromatic hydroxyl groups is 1. The van der Waals surface area contributed by atoms with Gasteiger partial charge in [-0.05, 0) is 24.2 Å². The van der Waals surface area contributed by atoms with Gasteiger partial charge in [0.05, 0.1) is 9.85 Å². The Morgan fingerprint density at radius 1 is 1.56 bits per heavy atom. The van der Waals surface area contributed by atoms with Crippen LogP contribution in [-0.4, -0.2) is 12.2 Å². The Kier molecular flexibility index (Phi) is 1.00. The van der Waals surface area contributed by atoms with Gasteiger partial charge in [0.15, 0.2) is 0 Å². The maximum Gasteiger partial charge on any atom is 0.119 e. The van der Waals surface area contributed by atoms with Gasteiger partial charge in [-0.2, -0.15) is 0 Å². The van der Waals surface area contributed by atoms with E-state index in [4.69, 9.17) is 12.6 Å². The van der Waals surface area contributed by atoms with E-state index in [9.17, 15) is 0 Å². The Morgan fingerprint density at radius 3 is 2.56 bits per heavy atom. The molecule has 0 unspecified atom stereocenters. The minimum atomic E-state index is -0.314. The molecule has 0 bridgehead atoms. The molecule has 2 heteroatoms. The molecule has 48 valence electrons. The second-order valence-electron chi connectivity index (χ2n) is 1.53. The van der Waals surface area contributed by atoms with Crippen LogP contribution in [0.5, 0.6) is 11.5 Å². The number of benzene rings is 1. The van der Waals surface area contributed by atoms with Crippen molar-refractivity contribution in [2.45, 2.75) is 0 Å². The molecule has 0 heterocycles. The molecule has 0 saturated heterocycles. The summed E-state index contributed by atoms with van der Waals surface area (Å²) >= 11 is 0. The first kappa shape index (κ1) is 3.77. The van der Waals surface area contributed by atoms with E-state index < -0.39 is 0 Å². The zero-order valence-electron chi connectivity index (χ0n) is 7.01. The van der Waals surface area contributed by atoms with Crippen LogP contribution >= 0.6 is 0 Å². The molecule has 0 aliphatic carbocycles. The highest BCUT2D eigenvalue weighted by Gasteiger charge is 1.87. The van der Waals surface area contributed by atoms with Crippen molar-refractivity contribution in [2.24, 2.45) is 0 Å². The maximum atomic E-state index is 9.00. The quantitative estimate of drug-likeness (QED) is 0.616. The van der Waals surface area contributed by atoms with E-state index in [1.54, 1.807) is 0 Å². The van der Waals surface area contributed by atoms with Crippen LogP contribution in [0.4, 0.5) is 0 Å². The Balaban J connectivity index is 3.21. The summed E-state index contributed by atoms with van der Waals surface area (Å²) in [5.41, 5.74) is 0. The number of phenols is 1. The molecule has 0 radical (unpaired) electrons. The van der Waals surface area contributed by atoms with Crippen LogP contribution < -0.4 is 4.74 Å². The summed E-state index contributed by atoms with van der Waals surface area (Å²) in [5.74, 6) is 0.101. The molecule has 0 aliphatic rings. The standard InChI is InChI=1S/C7H8O2/c1-9-7-4-2-6(8)3-5-7/h2-5,8H,1H3/i2D,3D. The van der Waals surface area contributed by atoms with Gasteiger partial charge in [-0.3, -0.25) is 0 Å². The maximum absolute atomic E-state index is 9.00. The van der Waals surface area contributed by atoms with Gasteiger partial charge in [0.25, 0.3) is 0 Å². The smallest absolute Gasteiger partial charge is 0.119 e. The topological polar surface area (TPSA) is 29.5 Å². The van der Waals surface area contributed by atoms with Crippen LogP contribution in [0.25, 0.3) is 0 Å². The Bertz CT molecular complexity index is 250. The molecule has 1 aromatic carbocycles. The second kappa shape index (κ2) is 2.40. The highest BCUT2D eigenvalue weighted by atomic mass is 16.5. The zero-order valence-corrected chi connectivity index (χ0v) is 5.01. The van der Waals surface area contributed by atoms with Crippen molar-refractivity contribution >= 4 is 0 Å². The van der Waals surface area contributed by atoms with Gasteiger partial charge >= 0.3 is 0 Å². The lowest BCUT2D eigenvalue weighted by Gasteiger charge is -1.96. The van der Waals surface area contributed by atoms with Gasteiger partial charge in [0, 0.05) is 0 Å². The van der Waals surface area contributed by atoms with E-state index in [-0.39, 0.29) is 17.8 Å². The fraction of sp³-hybridized carbons (Fsp3) is 0.143. The Labute approximate surface area is 56.5 Å². The molecular weight excluding hydrogens is 116 g/mol.